The second kappa shape index (κ2) is 8.59. The molecule has 1 aromatic heterocycles. The normalized spacial score (nSPS) is 30.6. The van der Waals surface area contributed by atoms with Gasteiger partial charge in [0.05, 0.1) is 12.5 Å². The van der Waals surface area contributed by atoms with Crippen LogP contribution in [-0.2, 0) is 26.8 Å². The van der Waals surface area contributed by atoms with E-state index in [1.807, 2.05) is 17.4 Å². The number of fused-ring (bicyclic) bond motifs is 2. The molecule has 1 saturated carbocycles. The first-order valence-electron chi connectivity index (χ1n) is 19.3. The highest BCUT2D eigenvalue weighted by Crippen LogP contribution is 2.78. The van der Waals surface area contributed by atoms with E-state index in [2.05, 4.69) is 85.7 Å². The molecule has 0 aliphatic heterocycles. The SMILES string of the molecule is C=C/C=c1/c2c3cc4c5c6c7c8c9c%10c%11c(c1c3c%10c48)C/C(=C\C)C%111C(=C)C3=CC=C(C6=CC5/C=C\C=2)C7C3C=9C1(CCCC(=O)OC)c1cccs1. The smallest absolute Gasteiger partial charge is 0.305 e. The Kier molecular flexibility index (Phi) is 4.58. The third-order valence-corrected chi connectivity index (χ3v) is 16.4. The number of hydrogen-bond acceptors (Lipinski definition) is 3. The second-order valence-electron chi connectivity index (χ2n) is 16.7. The summed E-state index contributed by atoms with van der Waals surface area (Å²) in [5.41, 5.74) is 15.5. The summed E-state index contributed by atoms with van der Waals surface area (Å²) in [6.45, 7) is 11.9. The van der Waals surface area contributed by atoms with E-state index >= 15 is 0 Å². The van der Waals surface area contributed by atoms with Crippen LogP contribution in [-0.4, -0.2) is 13.1 Å². The van der Waals surface area contributed by atoms with Gasteiger partial charge in [-0.1, -0.05) is 79.5 Å². The zero-order valence-electron chi connectivity index (χ0n) is 29.7. The van der Waals surface area contributed by atoms with E-state index in [1.165, 1.54) is 121 Å². The molecule has 0 N–H and O–H groups in total. The minimum Gasteiger partial charge on any atom is -0.469 e. The second-order valence-corrected chi connectivity index (χ2v) is 17.6. The molecule has 0 saturated heterocycles. The fourth-order valence-electron chi connectivity index (χ4n) is 14.2. The van der Waals surface area contributed by atoms with Crippen LogP contribution in [0.25, 0.3) is 66.4 Å². The van der Waals surface area contributed by atoms with Crippen LogP contribution in [0.2, 0.25) is 0 Å². The number of benzene rings is 3. The molecule has 14 rings (SSSR count). The predicted molar refractivity (Wildman–Crippen MR) is 218 cm³/mol. The Balaban J connectivity index is 1.36. The molecule has 2 nitrogen and oxygen atoms in total. The fourth-order valence-corrected chi connectivity index (χ4v) is 15.3. The lowest BCUT2D eigenvalue weighted by atomic mass is 9.39. The van der Waals surface area contributed by atoms with Crippen LogP contribution < -0.4 is 15.7 Å². The van der Waals surface area contributed by atoms with Gasteiger partial charge >= 0.3 is 5.97 Å². The Hall–Kier alpha value is -5.25. The van der Waals surface area contributed by atoms with Crippen molar-refractivity contribution in [1.29, 1.82) is 0 Å². The molecule has 1 heterocycles. The number of esters is 1. The van der Waals surface area contributed by atoms with Crippen LogP contribution in [0.1, 0.15) is 70.7 Å². The molecular formula is C50H34O2S. The standard InChI is InChI=1S/C50H34O2S/c1-5-10-27-26-12-7-11-23-19-29-28-16-15-25-22(3)50-24(6-2)20-32-36(27)39-30(26)21-31-35(23)38(29)42-37(28)41(25)48(46-44(42)40(31)43(39)45(46)47(32)50)49(50,33-13-9-18-53-33)17-8-14-34(51)52-4/h5-7,9-13,15-16,18-19,21,23,37,41H,1,3,8,14,17,20H2,2,4H3/b11-7-,24-6+,26-12-,27-10-. The first-order valence-corrected chi connectivity index (χ1v) is 20.2. The summed E-state index contributed by atoms with van der Waals surface area (Å²) in [6, 6.07) is 7.27. The molecule has 6 aromatic rings. The van der Waals surface area contributed by atoms with E-state index in [4.69, 9.17) is 11.3 Å². The Morgan fingerprint density at radius 3 is 2.72 bits per heavy atom. The van der Waals surface area contributed by atoms with Crippen molar-refractivity contribution in [3.05, 3.63) is 150 Å². The average Bonchev–Trinajstić information content (AvgIpc) is 4.02. The lowest BCUT2D eigenvalue weighted by Gasteiger charge is -2.62. The topological polar surface area (TPSA) is 26.3 Å². The number of carbonyl (C=O) groups is 1. The molecule has 3 heteroatoms. The third-order valence-electron chi connectivity index (χ3n) is 15.4. The van der Waals surface area contributed by atoms with Crippen LogP contribution in [0, 0.1) is 5.92 Å². The van der Waals surface area contributed by atoms with Crippen molar-refractivity contribution < 1.29 is 9.53 Å². The van der Waals surface area contributed by atoms with Crippen LogP contribution in [0.15, 0.2) is 102 Å². The number of hydrogen-bond donors (Lipinski definition) is 0. The van der Waals surface area contributed by atoms with Crippen molar-refractivity contribution in [3.63, 3.8) is 0 Å². The van der Waals surface area contributed by atoms with Gasteiger partial charge in [-0.25, -0.2) is 0 Å². The molecule has 1 fully saturated rings. The maximum atomic E-state index is 12.9. The molecule has 8 aliphatic rings. The average molecular weight is 699 g/mol. The van der Waals surface area contributed by atoms with Gasteiger partial charge in [-0.2, -0.15) is 0 Å². The molecular weight excluding hydrogens is 665 g/mol. The van der Waals surface area contributed by atoms with Gasteiger partial charge in [0.1, 0.15) is 0 Å². The minimum absolute atomic E-state index is 0.129. The van der Waals surface area contributed by atoms with E-state index in [1.54, 1.807) is 11.1 Å². The zero-order chi connectivity index (χ0) is 35.0. The quantitative estimate of drug-likeness (QED) is 0.0986. The van der Waals surface area contributed by atoms with E-state index in [-0.39, 0.29) is 23.7 Å². The number of ether oxygens (including phenoxy) is 1. The monoisotopic (exact) mass is 698 g/mol. The van der Waals surface area contributed by atoms with Crippen molar-refractivity contribution in [3.8, 4) is 0 Å². The summed E-state index contributed by atoms with van der Waals surface area (Å²) < 4.78 is 5.28. The molecule has 1 spiro atoms. The fraction of sp³-hybridized carbons (Fsp3) is 0.220. The van der Waals surface area contributed by atoms with Crippen molar-refractivity contribution in [2.24, 2.45) is 5.92 Å². The Labute approximate surface area is 310 Å². The van der Waals surface area contributed by atoms with Gasteiger partial charge in [0.15, 0.2) is 0 Å². The molecule has 0 amide bonds. The first-order chi connectivity index (χ1) is 26.0. The van der Waals surface area contributed by atoms with Gasteiger partial charge in [-0.05, 0) is 158 Å². The molecule has 53 heavy (non-hydrogen) atoms. The summed E-state index contributed by atoms with van der Waals surface area (Å²) in [6.07, 6.45) is 24.4. The Morgan fingerprint density at radius 1 is 1.04 bits per heavy atom. The number of allylic oxidation sites excluding steroid dienone is 12. The zero-order valence-corrected chi connectivity index (χ0v) is 30.5. The van der Waals surface area contributed by atoms with Crippen LogP contribution in [0.5, 0.6) is 0 Å². The van der Waals surface area contributed by atoms with Crippen molar-refractivity contribution in [2.45, 2.75) is 55.3 Å². The molecule has 5 unspecified atom stereocenters. The van der Waals surface area contributed by atoms with Crippen molar-refractivity contribution in [1.82, 2.24) is 0 Å². The Morgan fingerprint density at radius 2 is 1.91 bits per heavy atom. The molecule has 0 radical (unpaired) electrons. The summed E-state index contributed by atoms with van der Waals surface area (Å²) in [4.78, 5) is 14.3. The van der Waals surface area contributed by atoms with Gasteiger partial charge in [0, 0.05) is 34.5 Å². The number of rotatable bonds is 6. The largest absolute Gasteiger partial charge is 0.469 e. The highest BCUT2D eigenvalue weighted by molar-refractivity contribution is 7.10. The van der Waals surface area contributed by atoms with E-state index in [0.717, 1.165) is 19.3 Å². The van der Waals surface area contributed by atoms with Crippen LogP contribution in [0.3, 0.4) is 0 Å². The van der Waals surface area contributed by atoms with Crippen molar-refractivity contribution in [2.75, 3.05) is 7.11 Å². The molecule has 8 aliphatic carbocycles. The summed E-state index contributed by atoms with van der Waals surface area (Å²) in [5.74, 6) is 0.599. The van der Waals surface area contributed by atoms with Gasteiger partial charge in [-0.15, -0.1) is 11.3 Å². The summed E-state index contributed by atoms with van der Waals surface area (Å²) in [7, 11) is 1.52. The molecule has 5 atom stereocenters. The summed E-state index contributed by atoms with van der Waals surface area (Å²) in [5, 5.41) is 18.2. The van der Waals surface area contributed by atoms with E-state index < -0.39 is 10.8 Å². The Bertz CT molecular complexity index is 3280. The van der Waals surface area contributed by atoms with E-state index in [0.29, 0.717) is 6.42 Å². The van der Waals surface area contributed by atoms with E-state index in [9.17, 15) is 4.79 Å². The summed E-state index contributed by atoms with van der Waals surface area (Å²) >= 11 is 1.91. The minimum atomic E-state index is -0.471. The third kappa shape index (κ3) is 2.49. The number of thiophene rings is 1. The number of methoxy groups -OCH3 is 1. The highest BCUT2D eigenvalue weighted by atomic mass is 32.1. The maximum Gasteiger partial charge on any atom is 0.305 e. The van der Waals surface area contributed by atoms with Crippen LogP contribution in [0.4, 0.5) is 0 Å². The van der Waals surface area contributed by atoms with Crippen LogP contribution >= 0.6 is 11.3 Å². The van der Waals surface area contributed by atoms with Gasteiger partial charge in [0.25, 0.3) is 0 Å². The highest BCUT2D eigenvalue weighted by Gasteiger charge is 2.71. The maximum absolute atomic E-state index is 12.9. The molecule has 4 bridgehead atoms. The van der Waals surface area contributed by atoms with Gasteiger partial charge in [-0.3, -0.25) is 4.79 Å². The molecule has 252 valence electrons. The molecule has 5 aromatic carbocycles. The predicted octanol–water partition coefficient (Wildman–Crippen LogP) is 9.10. The van der Waals surface area contributed by atoms with Crippen molar-refractivity contribution >= 4 is 83.7 Å². The first kappa shape index (κ1) is 28.3. The lowest BCUT2D eigenvalue weighted by Crippen LogP contribution is -2.61. The van der Waals surface area contributed by atoms with Gasteiger partial charge in [0.2, 0.25) is 0 Å². The lowest BCUT2D eigenvalue weighted by molar-refractivity contribution is -0.140. The van der Waals surface area contributed by atoms with Gasteiger partial charge < -0.3 is 4.74 Å². The number of carbonyl (C=O) groups excluding carboxylic acids is 1.